The Morgan fingerprint density at radius 2 is 0.663 bits per heavy atom. The number of aryl methyl sites for hydroxylation is 2. The summed E-state index contributed by atoms with van der Waals surface area (Å²) in [7, 11) is 3.28. The van der Waals surface area contributed by atoms with Crippen LogP contribution in [0.1, 0.15) is 120 Å². The number of benzene rings is 12. The molecular weight excluding hydrogens is 1290 g/mol. The molecule has 0 aliphatic carbocycles. The van der Waals surface area contributed by atoms with Crippen molar-refractivity contribution in [1.82, 2.24) is 9.80 Å². The molecule has 0 unspecified atom stereocenters. The van der Waals surface area contributed by atoms with E-state index in [0.717, 1.165) is 88.7 Å². The molecule has 2 heterocycles. The topological polar surface area (TPSA) is 114 Å². The number of fused-ring (bicyclic) bond motifs is 4. The highest BCUT2D eigenvalue weighted by atomic mass is 16.5. The summed E-state index contributed by atoms with van der Waals surface area (Å²) in [5.41, 5.74) is 16.4. The predicted octanol–water partition coefficient (Wildman–Crippen LogP) is 20.8. The van der Waals surface area contributed by atoms with Gasteiger partial charge < -0.3 is 37.9 Å². The molecule has 0 bridgehead atoms. The van der Waals surface area contributed by atoms with Gasteiger partial charge in [0.1, 0.15) is 72.4 Å². The van der Waals surface area contributed by atoms with E-state index in [1.54, 1.807) is 14.2 Å². The van der Waals surface area contributed by atoms with E-state index < -0.39 is 11.9 Å². The maximum Gasteiger partial charge on any atom is 0.308 e. The second kappa shape index (κ2) is 30.8. The van der Waals surface area contributed by atoms with E-state index in [1.807, 2.05) is 98.8 Å². The van der Waals surface area contributed by atoms with Crippen molar-refractivity contribution in [2.75, 3.05) is 14.2 Å². The number of nitrogens with zero attached hydrogens (tertiary/aromatic N) is 2. The van der Waals surface area contributed by atoms with Gasteiger partial charge in [-0.3, -0.25) is 19.4 Å². The van der Waals surface area contributed by atoms with Gasteiger partial charge in [0.25, 0.3) is 0 Å². The summed E-state index contributed by atoms with van der Waals surface area (Å²) in [5.74, 6) is 2.75. The SMILES string of the molecule is COc1cc(C)cc2c(-c3c(OCc4ccccc4)cc(OCc4ccccc4)c4c3C[C@@H](C)N(Cc3ccccc3)[C@@H]4C)cc(-c3cc(-c4c(OCc5ccccc5)cc(OCc5ccccc5)c5c4C[C@@H](C)N(Cc4ccccc4)[C@@H]5C)c4cc(C)cc(OC)c4c3OC(C)=O)c(OC(C)=O)c12. The summed E-state index contributed by atoms with van der Waals surface area (Å²) in [6.45, 7) is 18.5. The van der Waals surface area contributed by atoms with Gasteiger partial charge in [-0.25, -0.2) is 0 Å². The van der Waals surface area contributed by atoms with Crippen LogP contribution in [0, 0.1) is 13.8 Å². The molecule has 2 aliphatic rings. The Balaban J connectivity index is 1.11. The van der Waals surface area contributed by atoms with Crippen LogP contribution in [0.25, 0.3) is 54.9 Å². The molecule has 2 aliphatic heterocycles. The second-order valence-electron chi connectivity index (χ2n) is 27.7. The molecule has 0 saturated carbocycles. The summed E-state index contributed by atoms with van der Waals surface area (Å²) in [6.07, 6.45) is 1.18. The third-order valence-corrected chi connectivity index (χ3v) is 20.5. The molecule has 526 valence electrons. The predicted molar refractivity (Wildman–Crippen MR) is 413 cm³/mol. The molecular formula is C92H88N2O10. The zero-order valence-corrected chi connectivity index (χ0v) is 60.9. The summed E-state index contributed by atoms with van der Waals surface area (Å²) < 4.78 is 55.8. The standard InChI is InChI=1S/C92H88N2O10/c1-57-41-71-73(87-77-45-59(3)93(51-65-29-17-11-18-30-65)61(5)85(77)81(99-53-67-33-21-13-22-34-67)49-83(87)101-55-69-37-25-15-26-38-69)47-75(91(103-63(7)95)89(71)79(43-57)97-9)76-48-74(72-42-58(2)44-80(98-10)90(72)92(76)104-64(8)96)88-78-46-60(4)94(52-66-31-19-12-20-32-66)62(6)86(78)82(100-54-68-35-23-14-24-36-68)50-84(88)102-56-70-39-27-16-28-40-70/h11-44,47-50,59-62H,45-46,51-56H2,1-10H3/t59-,60-,61-,62-/m1/s1. The molecule has 12 aromatic carbocycles. The zero-order valence-electron chi connectivity index (χ0n) is 60.9. The quantitative estimate of drug-likeness (QED) is 0.0449. The fourth-order valence-electron chi connectivity index (χ4n) is 15.7. The van der Waals surface area contributed by atoms with Crippen molar-refractivity contribution < 1.29 is 47.5 Å². The van der Waals surface area contributed by atoms with Gasteiger partial charge in [-0.1, -0.05) is 194 Å². The van der Waals surface area contributed by atoms with Gasteiger partial charge in [-0.05, 0) is 156 Å². The molecule has 0 saturated heterocycles. The minimum absolute atomic E-state index is 0.00915. The maximum atomic E-state index is 14.4. The largest absolute Gasteiger partial charge is 0.496 e. The van der Waals surface area contributed by atoms with Gasteiger partial charge in [0.05, 0.1) is 25.0 Å². The Morgan fingerprint density at radius 3 is 0.962 bits per heavy atom. The fourth-order valence-corrected chi connectivity index (χ4v) is 15.7. The smallest absolute Gasteiger partial charge is 0.308 e. The summed E-state index contributed by atoms with van der Waals surface area (Å²) in [6, 6.07) is 78.3. The molecule has 0 fully saturated rings. The van der Waals surface area contributed by atoms with E-state index >= 15 is 0 Å². The molecule has 0 spiro atoms. The first-order valence-corrected chi connectivity index (χ1v) is 36.0. The van der Waals surface area contributed by atoms with E-state index in [0.29, 0.717) is 95.5 Å². The van der Waals surface area contributed by atoms with Crippen LogP contribution in [0.4, 0.5) is 0 Å². The van der Waals surface area contributed by atoms with Gasteiger partial charge in [0, 0.05) is 96.6 Å². The summed E-state index contributed by atoms with van der Waals surface area (Å²) in [4.78, 5) is 33.9. The number of esters is 2. The van der Waals surface area contributed by atoms with Crippen LogP contribution >= 0.6 is 0 Å². The van der Waals surface area contributed by atoms with Crippen molar-refractivity contribution >= 4 is 33.5 Å². The van der Waals surface area contributed by atoms with Crippen LogP contribution in [-0.2, 0) is 61.9 Å². The minimum Gasteiger partial charge on any atom is -0.496 e. The third-order valence-electron chi connectivity index (χ3n) is 20.5. The monoisotopic (exact) mass is 1380 g/mol. The molecule has 12 heteroatoms. The highest BCUT2D eigenvalue weighted by Crippen LogP contribution is 2.59. The van der Waals surface area contributed by atoms with Crippen molar-refractivity contribution in [3.8, 4) is 79.4 Å². The van der Waals surface area contributed by atoms with Gasteiger partial charge >= 0.3 is 11.9 Å². The number of hydrogen-bond acceptors (Lipinski definition) is 12. The lowest BCUT2D eigenvalue weighted by molar-refractivity contribution is -0.132. The lowest BCUT2D eigenvalue weighted by Crippen LogP contribution is -2.41. The molecule has 12 nitrogen and oxygen atoms in total. The van der Waals surface area contributed by atoms with Gasteiger partial charge in [-0.2, -0.15) is 0 Å². The number of methoxy groups -OCH3 is 2. The fraction of sp³-hybridized carbons (Fsp3) is 0.239. The highest BCUT2D eigenvalue weighted by molar-refractivity contribution is 6.15. The van der Waals surface area contributed by atoms with Crippen molar-refractivity contribution in [3.05, 3.63) is 297 Å². The van der Waals surface area contributed by atoms with Crippen molar-refractivity contribution in [2.45, 2.75) is 132 Å². The van der Waals surface area contributed by atoms with E-state index in [-0.39, 0.29) is 48.9 Å². The minimum atomic E-state index is -0.573. The Bertz CT molecular complexity index is 4790. The number of carbonyl (C=O) groups is 2. The number of ether oxygens (including phenoxy) is 8. The van der Waals surface area contributed by atoms with Crippen LogP contribution in [-0.4, -0.2) is 48.0 Å². The molecule has 0 aromatic heterocycles. The molecule has 4 atom stereocenters. The van der Waals surface area contributed by atoms with Crippen molar-refractivity contribution in [3.63, 3.8) is 0 Å². The van der Waals surface area contributed by atoms with Crippen molar-refractivity contribution in [1.29, 1.82) is 0 Å². The lowest BCUT2D eigenvalue weighted by Gasteiger charge is -2.42. The Labute approximate surface area is 610 Å². The Hall–Kier alpha value is -11.2. The molecule has 0 amide bonds. The molecule has 0 radical (unpaired) electrons. The van der Waals surface area contributed by atoms with E-state index in [2.05, 4.69) is 183 Å². The number of rotatable bonds is 23. The Morgan fingerprint density at radius 1 is 0.365 bits per heavy atom. The molecule has 12 aromatic rings. The van der Waals surface area contributed by atoms with Gasteiger partial charge in [-0.15, -0.1) is 0 Å². The molecule has 0 N–H and O–H groups in total. The van der Waals surface area contributed by atoms with Crippen LogP contribution in [0.5, 0.6) is 46.0 Å². The second-order valence-corrected chi connectivity index (χ2v) is 27.7. The molecule has 14 rings (SSSR count). The van der Waals surface area contributed by atoms with E-state index in [4.69, 9.17) is 37.9 Å². The lowest BCUT2D eigenvalue weighted by atomic mass is 9.79. The van der Waals surface area contributed by atoms with Crippen LogP contribution < -0.4 is 37.9 Å². The number of carbonyl (C=O) groups excluding carboxylic acids is 2. The van der Waals surface area contributed by atoms with E-state index in [9.17, 15) is 9.59 Å². The van der Waals surface area contributed by atoms with Crippen LogP contribution in [0.15, 0.2) is 231 Å². The van der Waals surface area contributed by atoms with E-state index in [1.165, 1.54) is 25.0 Å². The third kappa shape index (κ3) is 14.5. The normalized spacial score (nSPS) is 15.8. The summed E-state index contributed by atoms with van der Waals surface area (Å²) >= 11 is 0. The average Bonchev–Trinajstić information content (AvgIpc) is 0.714. The van der Waals surface area contributed by atoms with Gasteiger partial charge in [0.15, 0.2) is 0 Å². The highest BCUT2D eigenvalue weighted by Gasteiger charge is 2.40. The average molecular weight is 1380 g/mol. The molecule has 104 heavy (non-hydrogen) atoms. The number of hydrogen-bond donors (Lipinski definition) is 0. The van der Waals surface area contributed by atoms with Gasteiger partial charge in [0.2, 0.25) is 0 Å². The maximum absolute atomic E-state index is 14.4. The first kappa shape index (κ1) is 69.9. The van der Waals surface area contributed by atoms with Crippen LogP contribution in [0.2, 0.25) is 0 Å². The first-order valence-electron chi connectivity index (χ1n) is 36.0. The van der Waals surface area contributed by atoms with Crippen LogP contribution in [0.3, 0.4) is 0 Å². The Kier molecular flexibility index (Phi) is 20.7. The summed E-state index contributed by atoms with van der Waals surface area (Å²) in [5, 5.41) is 2.52. The first-order chi connectivity index (χ1) is 50.6. The zero-order chi connectivity index (χ0) is 72.1. The van der Waals surface area contributed by atoms with Crippen molar-refractivity contribution in [2.24, 2.45) is 0 Å².